The molecule has 0 saturated heterocycles. The summed E-state index contributed by atoms with van der Waals surface area (Å²) < 4.78 is 25.8. The summed E-state index contributed by atoms with van der Waals surface area (Å²) in [5.41, 5.74) is 20.7. The van der Waals surface area contributed by atoms with Crippen molar-refractivity contribution in [2.75, 3.05) is 0 Å². The SMILES string of the molecule is Cc1cc2oc3c(ccc4oc5c(-c6nc7ccccc7n6-c6c(C(C)C)cc(-c7ccccc7)cc6C(C)C)[c-]c(Oc6[c-]c(-c7nc8ccccc8n7-c7c(C(C)C)cc(-c8ccccc8)cc7C(C)C)ccc6)cc5c43)c2cn1.[Pt+2]. The van der Waals surface area contributed by atoms with Crippen molar-refractivity contribution in [1.82, 2.24) is 24.1 Å². The maximum atomic E-state index is 7.16. The van der Waals surface area contributed by atoms with Gasteiger partial charge >= 0.3 is 21.1 Å². The van der Waals surface area contributed by atoms with E-state index < -0.39 is 0 Å². The van der Waals surface area contributed by atoms with E-state index in [-0.39, 0.29) is 44.7 Å². The number of para-hydroxylation sites is 4. The van der Waals surface area contributed by atoms with E-state index in [0.717, 1.165) is 77.7 Å². The molecule has 14 rings (SSSR count). The topological polar surface area (TPSA) is 84.0 Å². The van der Waals surface area contributed by atoms with Crippen LogP contribution in [0.3, 0.4) is 0 Å². The number of hydrogen-bond donors (Lipinski definition) is 0. The van der Waals surface area contributed by atoms with Gasteiger partial charge in [-0.2, -0.15) is 0 Å². The summed E-state index contributed by atoms with van der Waals surface area (Å²) in [6, 6.07) is 69.3. The van der Waals surface area contributed by atoms with Crippen molar-refractivity contribution in [3.8, 4) is 67.9 Å². The average molecular weight is 1260 g/mol. The predicted molar refractivity (Wildman–Crippen MR) is 335 cm³/mol. The summed E-state index contributed by atoms with van der Waals surface area (Å²) >= 11 is 0. The summed E-state index contributed by atoms with van der Waals surface area (Å²) in [6.07, 6.45) is 1.90. The third-order valence-electron chi connectivity index (χ3n) is 16.2. The van der Waals surface area contributed by atoms with Crippen LogP contribution < -0.4 is 4.74 Å². The molecule has 0 unspecified atom stereocenters. The van der Waals surface area contributed by atoms with Crippen LogP contribution in [0.15, 0.2) is 191 Å². The first kappa shape index (κ1) is 53.5. The maximum Gasteiger partial charge on any atom is 2.00 e. The number of hydrogen-bond acceptors (Lipinski definition) is 6. The third-order valence-corrected chi connectivity index (χ3v) is 16.2. The van der Waals surface area contributed by atoms with Crippen LogP contribution in [-0.4, -0.2) is 24.1 Å². The minimum Gasteiger partial charge on any atom is -0.500 e. The molecule has 0 N–H and O–H groups in total. The van der Waals surface area contributed by atoms with Gasteiger partial charge in [-0.3, -0.25) is 15.0 Å². The Hall–Kier alpha value is -8.84. The van der Waals surface area contributed by atoms with Gasteiger partial charge in [-0.15, -0.1) is 23.8 Å². The fourth-order valence-electron chi connectivity index (χ4n) is 12.2. The molecular weight excluding hydrogens is 1200 g/mol. The smallest absolute Gasteiger partial charge is 0.500 e. The number of rotatable bonds is 12. The van der Waals surface area contributed by atoms with Gasteiger partial charge in [0.05, 0.1) is 44.7 Å². The quantitative estimate of drug-likeness (QED) is 0.113. The Labute approximate surface area is 497 Å². The number of aryl methyl sites for hydroxylation is 1. The van der Waals surface area contributed by atoms with E-state index in [0.29, 0.717) is 39.6 Å². The molecule has 8 nitrogen and oxygen atoms in total. The second-order valence-electron chi connectivity index (χ2n) is 23.0. The zero-order valence-corrected chi connectivity index (χ0v) is 50.2. The minimum atomic E-state index is 0. The number of aromatic nitrogens is 5. The van der Waals surface area contributed by atoms with Gasteiger partial charge in [0.15, 0.2) is 0 Å². The van der Waals surface area contributed by atoms with Crippen molar-refractivity contribution in [3.63, 3.8) is 0 Å². The van der Waals surface area contributed by atoms with E-state index in [2.05, 4.69) is 221 Å². The molecule has 0 spiro atoms. The molecule has 9 aromatic carbocycles. The van der Waals surface area contributed by atoms with Crippen LogP contribution in [0.25, 0.3) is 122 Å². The second-order valence-corrected chi connectivity index (χ2v) is 23.0. The number of furan rings is 2. The van der Waals surface area contributed by atoms with Crippen molar-refractivity contribution < 1.29 is 34.6 Å². The summed E-state index contributed by atoms with van der Waals surface area (Å²) in [5, 5.41) is 3.51. The third kappa shape index (κ3) is 9.15. The summed E-state index contributed by atoms with van der Waals surface area (Å²) in [4.78, 5) is 15.6. The number of ether oxygens (including phenoxy) is 1. The molecule has 0 amide bonds. The molecule has 0 fully saturated rings. The first-order chi connectivity index (χ1) is 39.9. The molecule has 0 aliphatic carbocycles. The van der Waals surface area contributed by atoms with Gasteiger partial charge in [0.1, 0.15) is 16.7 Å². The fourth-order valence-corrected chi connectivity index (χ4v) is 12.2. The Kier molecular flexibility index (Phi) is 13.6. The van der Waals surface area contributed by atoms with Crippen LogP contribution in [-0.2, 0) is 21.1 Å². The molecule has 83 heavy (non-hydrogen) atoms. The van der Waals surface area contributed by atoms with Crippen molar-refractivity contribution in [2.45, 2.75) is 86.0 Å². The molecule has 0 saturated carbocycles. The van der Waals surface area contributed by atoms with Gasteiger partial charge in [-0.05, 0) is 141 Å². The number of nitrogens with zero attached hydrogens (tertiary/aromatic N) is 5. The Morgan fingerprint density at radius 3 is 1.53 bits per heavy atom. The molecule has 0 aliphatic heterocycles. The van der Waals surface area contributed by atoms with E-state index in [1.54, 1.807) is 0 Å². The molecule has 5 heterocycles. The standard InChI is InChI=1S/C74H61N5O3.Pt/c1-42(2)55-35-50(47-21-12-10-13-22-47)36-56(43(3)4)69(55)78-64-29-18-16-27-62(64)76-73(78)49-25-20-26-52(34-49)80-53-39-59-68-66(32-31-54-61-41-75-46(9)33-67(61)82-72(54)68)81-71(59)60(40-53)74-77-63-28-17-19-30-65(63)79(74)70-57(44(5)6)37-51(38-58(70)45(7)8)48-23-14-11-15-24-48;/h10-33,35-39,41-45H,1-9H3;/q-2;+2. The van der Waals surface area contributed by atoms with Crippen LogP contribution in [0.1, 0.15) is 107 Å². The normalized spacial score (nSPS) is 12.0. The van der Waals surface area contributed by atoms with Gasteiger partial charge < -0.3 is 22.7 Å². The summed E-state index contributed by atoms with van der Waals surface area (Å²) in [5.74, 6) is 3.15. The Morgan fingerprint density at radius 1 is 0.446 bits per heavy atom. The van der Waals surface area contributed by atoms with Crippen molar-refractivity contribution in [1.29, 1.82) is 0 Å². The average Bonchev–Trinajstić information content (AvgIpc) is 1.98. The van der Waals surface area contributed by atoms with Gasteiger partial charge in [-0.1, -0.05) is 164 Å². The fraction of sp³-hybridized carbons (Fsp3) is 0.176. The number of benzene rings is 9. The number of imidazole rings is 2. The van der Waals surface area contributed by atoms with Crippen LogP contribution in [0.5, 0.6) is 11.5 Å². The number of pyridine rings is 1. The Morgan fingerprint density at radius 2 is 0.964 bits per heavy atom. The summed E-state index contributed by atoms with van der Waals surface area (Å²) in [7, 11) is 0. The first-order valence-corrected chi connectivity index (χ1v) is 28.6. The molecule has 9 heteroatoms. The minimum absolute atomic E-state index is 0. The Balaban J connectivity index is 0.00000645. The molecule has 5 aromatic heterocycles. The Bertz CT molecular complexity index is 4750. The monoisotopic (exact) mass is 1260 g/mol. The van der Waals surface area contributed by atoms with Crippen LogP contribution >= 0.6 is 0 Å². The van der Waals surface area contributed by atoms with Crippen molar-refractivity contribution >= 4 is 65.9 Å². The van der Waals surface area contributed by atoms with Crippen LogP contribution in [0, 0.1) is 19.1 Å². The van der Waals surface area contributed by atoms with Crippen LogP contribution in [0.2, 0.25) is 0 Å². The zero-order chi connectivity index (χ0) is 56.1. The maximum absolute atomic E-state index is 7.16. The number of fused-ring (bicyclic) bond motifs is 9. The van der Waals surface area contributed by atoms with Gasteiger partial charge in [0, 0.05) is 51.6 Å². The van der Waals surface area contributed by atoms with E-state index in [1.165, 1.54) is 44.5 Å². The van der Waals surface area contributed by atoms with Crippen molar-refractivity contribution in [2.24, 2.45) is 0 Å². The second kappa shape index (κ2) is 21.2. The molecule has 0 radical (unpaired) electrons. The van der Waals surface area contributed by atoms with E-state index in [4.69, 9.17) is 23.5 Å². The predicted octanol–water partition coefficient (Wildman–Crippen LogP) is 20.4. The van der Waals surface area contributed by atoms with Crippen molar-refractivity contribution in [3.05, 3.63) is 222 Å². The van der Waals surface area contributed by atoms with Gasteiger partial charge in [0.25, 0.3) is 0 Å². The van der Waals surface area contributed by atoms with Gasteiger partial charge in [-0.25, -0.2) is 0 Å². The molecule has 0 atom stereocenters. The van der Waals surface area contributed by atoms with E-state index in [1.807, 2.05) is 49.5 Å². The molecule has 0 aliphatic rings. The molecule has 14 aromatic rings. The first-order valence-electron chi connectivity index (χ1n) is 28.6. The van der Waals surface area contributed by atoms with E-state index in [9.17, 15) is 0 Å². The van der Waals surface area contributed by atoms with Gasteiger partial charge in [0.2, 0.25) is 0 Å². The van der Waals surface area contributed by atoms with E-state index >= 15 is 0 Å². The molecular formula is C74H61N5O3Pt. The van der Waals surface area contributed by atoms with Crippen LogP contribution in [0.4, 0.5) is 0 Å². The zero-order valence-electron chi connectivity index (χ0n) is 47.9. The molecule has 410 valence electrons. The largest absolute Gasteiger partial charge is 2.00 e. The molecule has 0 bridgehead atoms. The summed E-state index contributed by atoms with van der Waals surface area (Å²) in [6.45, 7) is 20.2.